The van der Waals surface area contributed by atoms with Crippen molar-refractivity contribution in [1.29, 1.82) is 0 Å². The number of hydrogen-bond acceptors (Lipinski definition) is 5. The molecule has 5 nitrogen and oxygen atoms in total. The number of Topliss-reactive ketones (excluding diaryl/α,β-unsaturated/α-hetero) is 1. The van der Waals surface area contributed by atoms with Crippen molar-refractivity contribution in [3.05, 3.63) is 0 Å². The van der Waals surface area contributed by atoms with Crippen molar-refractivity contribution >= 4 is 11.8 Å². The van der Waals surface area contributed by atoms with Crippen LogP contribution >= 0.6 is 0 Å². The van der Waals surface area contributed by atoms with Gasteiger partial charge in [0.05, 0.1) is 18.8 Å². The number of hydrogen-bond donors (Lipinski definition) is 1. The molecule has 16 heavy (non-hydrogen) atoms. The maximum absolute atomic E-state index is 11.7. The summed E-state index contributed by atoms with van der Waals surface area (Å²) in [7, 11) is 1.16. The lowest BCUT2D eigenvalue weighted by molar-refractivity contribution is -0.168. The molecular weight excluding hydrogens is 212 g/mol. The first-order chi connectivity index (χ1) is 7.20. The number of ketones is 1. The third-order valence-electron chi connectivity index (χ3n) is 2.93. The van der Waals surface area contributed by atoms with E-state index in [1.54, 1.807) is 20.8 Å². The van der Waals surface area contributed by atoms with E-state index in [4.69, 9.17) is 4.74 Å². The molecule has 1 saturated heterocycles. The highest BCUT2D eigenvalue weighted by atomic mass is 16.6. The highest BCUT2D eigenvalue weighted by Crippen LogP contribution is 2.35. The lowest BCUT2D eigenvalue weighted by atomic mass is 9.94. The summed E-state index contributed by atoms with van der Waals surface area (Å²) in [5.74, 6) is -1.60. The third kappa shape index (κ3) is 2.41. The van der Waals surface area contributed by atoms with Crippen LogP contribution in [0.3, 0.4) is 0 Å². The number of ether oxygens (including phenoxy) is 2. The van der Waals surface area contributed by atoms with Crippen LogP contribution in [0.5, 0.6) is 0 Å². The van der Waals surface area contributed by atoms with Gasteiger partial charge in [0, 0.05) is 0 Å². The Morgan fingerprint density at radius 3 is 2.44 bits per heavy atom. The molecule has 0 radical (unpaired) electrons. The van der Waals surface area contributed by atoms with Gasteiger partial charge in [0.15, 0.2) is 0 Å². The second-order valence-corrected chi connectivity index (χ2v) is 4.85. The molecule has 0 saturated carbocycles. The Kier molecular flexibility index (Phi) is 3.40. The van der Waals surface area contributed by atoms with Gasteiger partial charge in [-0.25, -0.2) is 4.79 Å². The zero-order valence-corrected chi connectivity index (χ0v) is 10.1. The van der Waals surface area contributed by atoms with Crippen LogP contribution < -0.4 is 0 Å². The van der Waals surface area contributed by atoms with Crippen LogP contribution in [-0.4, -0.2) is 41.3 Å². The molecule has 0 aliphatic carbocycles. The summed E-state index contributed by atoms with van der Waals surface area (Å²) >= 11 is 0. The van der Waals surface area contributed by atoms with Crippen LogP contribution in [0.2, 0.25) is 0 Å². The highest BCUT2D eigenvalue weighted by molar-refractivity contribution is 6.36. The smallest absolute Gasteiger partial charge is 0.377 e. The first kappa shape index (κ1) is 13.1. The minimum absolute atomic E-state index is 0.412. The maximum atomic E-state index is 11.7. The first-order valence-corrected chi connectivity index (χ1v) is 5.23. The zero-order chi connectivity index (χ0) is 12.6. The Hall–Kier alpha value is -0.940. The topological polar surface area (TPSA) is 72.8 Å². The lowest BCUT2D eigenvalue weighted by Crippen LogP contribution is -2.44. The SMILES string of the molecule is COC(=O)C(=O)[C@]1(C)CC[C@H](C(C)(C)O)O1. The van der Waals surface area contributed by atoms with Crippen molar-refractivity contribution in [3.8, 4) is 0 Å². The molecule has 0 unspecified atom stereocenters. The fourth-order valence-electron chi connectivity index (χ4n) is 1.81. The fraction of sp³-hybridized carbons (Fsp3) is 0.818. The number of rotatable bonds is 3. The van der Waals surface area contributed by atoms with Crippen molar-refractivity contribution in [2.24, 2.45) is 0 Å². The molecule has 92 valence electrons. The number of aliphatic hydroxyl groups is 1. The average Bonchev–Trinajstić information content (AvgIpc) is 2.59. The molecular formula is C11H18O5. The molecule has 0 aromatic heterocycles. The summed E-state index contributed by atoms with van der Waals surface area (Å²) in [6, 6.07) is 0. The summed E-state index contributed by atoms with van der Waals surface area (Å²) in [6.45, 7) is 4.79. The van der Waals surface area contributed by atoms with Gasteiger partial charge in [-0.3, -0.25) is 4.79 Å². The zero-order valence-electron chi connectivity index (χ0n) is 10.1. The minimum atomic E-state index is -1.17. The molecule has 0 aromatic carbocycles. The van der Waals surface area contributed by atoms with E-state index in [2.05, 4.69) is 4.74 Å². The van der Waals surface area contributed by atoms with E-state index in [1.165, 1.54) is 0 Å². The first-order valence-electron chi connectivity index (χ1n) is 5.23. The highest BCUT2D eigenvalue weighted by Gasteiger charge is 2.49. The quantitative estimate of drug-likeness (QED) is 0.562. The second-order valence-electron chi connectivity index (χ2n) is 4.85. The Morgan fingerprint density at radius 1 is 1.50 bits per heavy atom. The minimum Gasteiger partial charge on any atom is -0.463 e. The fourth-order valence-corrected chi connectivity index (χ4v) is 1.81. The number of carbonyl (C=O) groups excluding carboxylic acids is 2. The molecule has 5 heteroatoms. The molecule has 1 fully saturated rings. The number of esters is 1. The van der Waals surface area contributed by atoms with Gasteiger partial charge in [-0.1, -0.05) is 0 Å². The Balaban J connectivity index is 2.77. The molecule has 2 atom stereocenters. The van der Waals surface area contributed by atoms with E-state index in [1.807, 2.05) is 0 Å². The van der Waals surface area contributed by atoms with Gasteiger partial charge in [-0.2, -0.15) is 0 Å². The van der Waals surface area contributed by atoms with Gasteiger partial charge in [0.2, 0.25) is 0 Å². The van der Waals surface area contributed by atoms with Crippen molar-refractivity contribution in [2.45, 2.75) is 50.9 Å². The molecule has 1 aliphatic rings. The van der Waals surface area contributed by atoms with E-state index in [0.29, 0.717) is 12.8 Å². The predicted octanol–water partition coefficient (Wildman–Crippen LogP) is 0.437. The summed E-state index contributed by atoms with van der Waals surface area (Å²) in [4.78, 5) is 22.8. The molecule has 0 bridgehead atoms. The molecule has 0 spiro atoms. The van der Waals surface area contributed by atoms with Gasteiger partial charge in [-0.05, 0) is 33.6 Å². The average molecular weight is 230 g/mol. The molecule has 1 rings (SSSR count). The van der Waals surface area contributed by atoms with E-state index >= 15 is 0 Å². The van der Waals surface area contributed by atoms with Gasteiger partial charge in [-0.15, -0.1) is 0 Å². The normalized spacial score (nSPS) is 30.2. The monoisotopic (exact) mass is 230 g/mol. The van der Waals surface area contributed by atoms with Crippen LogP contribution in [0, 0.1) is 0 Å². The Morgan fingerprint density at radius 2 is 2.06 bits per heavy atom. The van der Waals surface area contributed by atoms with Crippen LogP contribution in [0.1, 0.15) is 33.6 Å². The van der Waals surface area contributed by atoms with Crippen LogP contribution in [0.15, 0.2) is 0 Å². The van der Waals surface area contributed by atoms with Gasteiger partial charge in [0.25, 0.3) is 5.78 Å². The second kappa shape index (κ2) is 4.14. The third-order valence-corrected chi connectivity index (χ3v) is 2.93. The van der Waals surface area contributed by atoms with Gasteiger partial charge >= 0.3 is 5.97 Å². The molecule has 1 aliphatic heterocycles. The van der Waals surface area contributed by atoms with Crippen molar-refractivity contribution < 1.29 is 24.2 Å². The standard InChI is InChI=1S/C11H18O5/c1-10(2,14)7-5-6-11(3,16-7)8(12)9(13)15-4/h7,14H,5-6H2,1-4H3/t7-,11+/m1/s1. The summed E-state index contributed by atoms with van der Waals surface area (Å²) in [5.41, 5.74) is -2.19. The van der Waals surface area contributed by atoms with Crippen molar-refractivity contribution in [2.75, 3.05) is 7.11 Å². The molecule has 0 aromatic rings. The van der Waals surface area contributed by atoms with Crippen molar-refractivity contribution in [1.82, 2.24) is 0 Å². The largest absolute Gasteiger partial charge is 0.463 e. The molecule has 0 amide bonds. The van der Waals surface area contributed by atoms with Crippen LogP contribution in [0.4, 0.5) is 0 Å². The number of carbonyl (C=O) groups is 2. The number of methoxy groups -OCH3 is 1. The van der Waals surface area contributed by atoms with E-state index < -0.39 is 29.1 Å². The van der Waals surface area contributed by atoms with Crippen molar-refractivity contribution in [3.63, 3.8) is 0 Å². The Labute approximate surface area is 94.7 Å². The molecule has 1 N–H and O–H groups in total. The van der Waals surface area contributed by atoms with E-state index in [0.717, 1.165) is 7.11 Å². The lowest BCUT2D eigenvalue weighted by Gasteiger charge is -2.28. The van der Waals surface area contributed by atoms with Gasteiger partial charge in [0.1, 0.15) is 5.60 Å². The summed E-state index contributed by atoms with van der Waals surface area (Å²) in [5, 5.41) is 9.77. The molecule has 1 heterocycles. The maximum Gasteiger partial charge on any atom is 0.377 e. The summed E-state index contributed by atoms with van der Waals surface area (Å²) in [6.07, 6.45) is 0.518. The van der Waals surface area contributed by atoms with E-state index in [9.17, 15) is 14.7 Å². The van der Waals surface area contributed by atoms with Crippen LogP contribution in [0.25, 0.3) is 0 Å². The van der Waals surface area contributed by atoms with E-state index in [-0.39, 0.29) is 0 Å². The predicted molar refractivity (Wildman–Crippen MR) is 55.8 cm³/mol. The Bertz CT molecular complexity index is 304. The summed E-state index contributed by atoms with van der Waals surface area (Å²) < 4.78 is 9.88. The van der Waals surface area contributed by atoms with Gasteiger partial charge < -0.3 is 14.6 Å². The van der Waals surface area contributed by atoms with Crippen LogP contribution in [-0.2, 0) is 19.1 Å².